The lowest BCUT2D eigenvalue weighted by molar-refractivity contribution is 0.857. The number of rotatable bonds is 1. The molecular weight excluding hydrogens is 547 g/mol. The number of halogens is 3. The van der Waals surface area contributed by atoms with Gasteiger partial charge in [0.15, 0.2) is 0 Å². The Morgan fingerprint density at radius 2 is 1.93 bits per heavy atom. The van der Waals surface area contributed by atoms with Crippen molar-refractivity contribution < 1.29 is 0 Å². The van der Waals surface area contributed by atoms with Crippen molar-refractivity contribution in [2.24, 2.45) is 0 Å². The normalized spacial score (nSPS) is 9.87. The lowest BCUT2D eigenvalue weighted by Crippen LogP contribution is -1.82. The van der Waals surface area contributed by atoms with E-state index in [9.17, 15) is 0 Å². The molecule has 0 spiro atoms. The zero-order valence-corrected chi connectivity index (χ0v) is 16.0. The minimum absolute atomic E-state index is 0. The molecular formula is C10H12I3NS. The molecule has 1 aromatic carbocycles. The van der Waals surface area contributed by atoms with Gasteiger partial charge < -0.3 is 0 Å². The summed E-state index contributed by atoms with van der Waals surface area (Å²) in [7, 11) is 0. The quantitative estimate of drug-likeness (QED) is 0.435. The second-order valence-corrected chi connectivity index (χ2v) is 5.63. The van der Waals surface area contributed by atoms with Crippen molar-refractivity contribution in [3.63, 3.8) is 0 Å². The summed E-state index contributed by atoms with van der Waals surface area (Å²) < 4.78 is 2.58. The van der Waals surface area contributed by atoms with Crippen LogP contribution >= 0.6 is 81.9 Å². The van der Waals surface area contributed by atoms with Gasteiger partial charge in [0.1, 0.15) is 0 Å². The summed E-state index contributed by atoms with van der Waals surface area (Å²) in [6, 6.07) is 6.39. The lowest BCUT2D eigenvalue weighted by Gasteiger charge is -1.94. The summed E-state index contributed by atoms with van der Waals surface area (Å²) >= 11 is 4.14. The first-order valence-electron chi connectivity index (χ1n) is 4.23. The van der Waals surface area contributed by atoms with Crippen LogP contribution < -0.4 is 0 Å². The van der Waals surface area contributed by atoms with Crippen LogP contribution in [0.3, 0.4) is 0 Å². The van der Waals surface area contributed by atoms with Crippen molar-refractivity contribution in [1.82, 2.24) is 4.98 Å². The second kappa shape index (κ2) is 6.90. The zero-order valence-electron chi connectivity index (χ0n) is 8.36. The molecule has 0 radical (unpaired) electrons. The Bertz CT molecular complexity index is 439. The van der Waals surface area contributed by atoms with E-state index in [2.05, 4.69) is 59.6 Å². The van der Waals surface area contributed by atoms with E-state index >= 15 is 0 Å². The Kier molecular flexibility index (Phi) is 7.49. The molecule has 0 fully saturated rings. The Balaban J connectivity index is 0.000000980. The molecule has 0 aliphatic heterocycles. The van der Waals surface area contributed by atoms with Crippen molar-refractivity contribution in [2.45, 2.75) is 19.8 Å². The number of benzene rings is 1. The minimum Gasteiger partial charge on any atom is -0.241 e. The molecule has 2 aromatic rings. The van der Waals surface area contributed by atoms with E-state index < -0.39 is 0 Å². The summed E-state index contributed by atoms with van der Waals surface area (Å²) in [5.74, 6) is 0.537. The van der Waals surface area contributed by atoms with Gasteiger partial charge in [-0.1, -0.05) is 13.8 Å². The molecule has 0 aliphatic rings. The first-order valence-corrected chi connectivity index (χ1v) is 6.12. The standard InChI is InChI=1S/C10H10INS.2HI/c1-6(2)10-12-8-4-3-7(11)5-9(8)13-10;;/h3-6H,1-2H3;2*1H. The number of thiazole rings is 1. The van der Waals surface area contributed by atoms with Crippen LogP contribution in [0.2, 0.25) is 0 Å². The van der Waals surface area contributed by atoms with E-state index in [0.29, 0.717) is 5.92 Å². The molecule has 1 aromatic heterocycles. The monoisotopic (exact) mass is 559 g/mol. The van der Waals surface area contributed by atoms with Crippen molar-refractivity contribution in [2.75, 3.05) is 0 Å². The highest BCUT2D eigenvalue weighted by Crippen LogP contribution is 2.28. The number of fused-ring (bicyclic) bond motifs is 1. The minimum atomic E-state index is 0. The lowest BCUT2D eigenvalue weighted by atomic mass is 10.2. The SMILES string of the molecule is CC(C)c1nc2ccc(I)cc2s1.I.I. The van der Waals surface area contributed by atoms with Gasteiger partial charge in [0.05, 0.1) is 15.2 Å². The average molecular weight is 559 g/mol. The molecule has 0 N–H and O–H groups in total. The van der Waals surface area contributed by atoms with E-state index in [1.165, 1.54) is 13.3 Å². The summed E-state index contributed by atoms with van der Waals surface area (Å²) in [6.45, 7) is 4.37. The van der Waals surface area contributed by atoms with Gasteiger partial charge in [-0.05, 0) is 40.8 Å². The highest BCUT2D eigenvalue weighted by Gasteiger charge is 2.06. The van der Waals surface area contributed by atoms with E-state index in [-0.39, 0.29) is 48.0 Å². The molecule has 0 unspecified atom stereocenters. The molecule has 0 atom stereocenters. The van der Waals surface area contributed by atoms with Crippen LogP contribution in [0, 0.1) is 3.57 Å². The van der Waals surface area contributed by atoms with Crippen LogP contribution in [-0.2, 0) is 0 Å². The van der Waals surface area contributed by atoms with Crippen molar-refractivity contribution in [1.29, 1.82) is 0 Å². The highest BCUT2D eigenvalue weighted by molar-refractivity contribution is 14.1. The molecule has 5 heteroatoms. The van der Waals surface area contributed by atoms with Crippen LogP contribution in [-0.4, -0.2) is 4.98 Å². The third-order valence-corrected chi connectivity index (χ3v) is 3.85. The van der Waals surface area contributed by atoms with Gasteiger partial charge >= 0.3 is 0 Å². The molecule has 0 aliphatic carbocycles. The Morgan fingerprint density at radius 1 is 1.27 bits per heavy atom. The molecule has 0 saturated carbocycles. The maximum Gasteiger partial charge on any atom is 0.0963 e. The largest absolute Gasteiger partial charge is 0.241 e. The van der Waals surface area contributed by atoms with Crippen molar-refractivity contribution >= 4 is 92.1 Å². The molecule has 2 rings (SSSR count). The maximum absolute atomic E-state index is 4.57. The van der Waals surface area contributed by atoms with Crippen molar-refractivity contribution in [3.8, 4) is 0 Å². The summed E-state index contributed by atoms with van der Waals surface area (Å²) in [6.07, 6.45) is 0. The molecule has 84 valence electrons. The average Bonchev–Trinajstić information content (AvgIpc) is 2.46. The molecule has 1 nitrogen and oxygen atoms in total. The summed E-state index contributed by atoms with van der Waals surface area (Å²) in [5, 5.41) is 1.23. The Morgan fingerprint density at radius 3 is 2.53 bits per heavy atom. The molecule has 0 amide bonds. The maximum atomic E-state index is 4.57. The van der Waals surface area contributed by atoms with Gasteiger partial charge in [0.25, 0.3) is 0 Å². The van der Waals surface area contributed by atoms with Gasteiger partial charge in [-0.2, -0.15) is 0 Å². The van der Waals surface area contributed by atoms with E-state index in [1.54, 1.807) is 11.3 Å². The Hall–Kier alpha value is 1.30. The first-order chi connectivity index (χ1) is 6.16. The smallest absolute Gasteiger partial charge is 0.0963 e. The van der Waals surface area contributed by atoms with Crippen molar-refractivity contribution in [3.05, 3.63) is 26.8 Å². The van der Waals surface area contributed by atoms with Gasteiger partial charge in [-0.25, -0.2) is 4.98 Å². The number of nitrogens with zero attached hydrogens (tertiary/aromatic N) is 1. The Labute approximate surface area is 142 Å². The topological polar surface area (TPSA) is 12.9 Å². The van der Waals surface area contributed by atoms with Gasteiger partial charge in [-0.3, -0.25) is 0 Å². The first kappa shape index (κ1) is 16.3. The van der Waals surface area contributed by atoms with Crippen LogP contribution in [0.1, 0.15) is 24.8 Å². The van der Waals surface area contributed by atoms with Crippen LogP contribution in [0.15, 0.2) is 18.2 Å². The van der Waals surface area contributed by atoms with Gasteiger partial charge in [-0.15, -0.1) is 59.3 Å². The fourth-order valence-electron chi connectivity index (χ4n) is 1.16. The van der Waals surface area contributed by atoms with Gasteiger partial charge in [0.2, 0.25) is 0 Å². The zero-order chi connectivity index (χ0) is 9.42. The number of hydrogen-bond acceptors (Lipinski definition) is 2. The fourth-order valence-corrected chi connectivity index (χ4v) is 2.87. The van der Waals surface area contributed by atoms with E-state index in [1.807, 2.05) is 0 Å². The number of hydrogen-bond donors (Lipinski definition) is 0. The third-order valence-electron chi connectivity index (χ3n) is 1.86. The third kappa shape index (κ3) is 3.91. The predicted molar refractivity (Wildman–Crippen MR) is 97.3 cm³/mol. The van der Waals surface area contributed by atoms with Gasteiger partial charge in [0, 0.05) is 9.49 Å². The molecule has 0 saturated heterocycles. The summed E-state index contributed by atoms with van der Waals surface area (Å²) in [5.41, 5.74) is 1.13. The van der Waals surface area contributed by atoms with E-state index in [0.717, 1.165) is 5.52 Å². The molecule has 0 bridgehead atoms. The van der Waals surface area contributed by atoms with Crippen LogP contribution in [0.25, 0.3) is 10.2 Å². The molecule has 15 heavy (non-hydrogen) atoms. The van der Waals surface area contributed by atoms with Crippen LogP contribution in [0.4, 0.5) is 0 Å². The van der Waals surface area contributed by atoms with Crippen LogP contribution in [0.5, 0.6) is 0 Å². The molecule has 1 heterocycles. The van der Waals surface area contributed by atoms with E-state index in [4.69, 9.17) is 0 Å². The number of aromatic nitrogens is 1. The highest BCUT2D eigenvalue weighted by atomic mass is 127. The summed E-state index contributed by atoms with van der Waals surface area (Å²) in [4.78, 5) is 4.57. The fraction of sp³-hybridized carbons (Fsp3) is 0.300. The second-order valence-electron chi connectivity index (χ2n) is 3.32. The predicted octanol–water partition coefficient (Wildman–Crippen LogP) is 5.26.